The van der Waals surface area contributed by atoms with Gasteiger partial charge in [-0.25, -0.2) is 4.98 Å². The number of benzene rings is 1. The van der Waals surface area contributed by atoms with Gasteiger partial charge in [0.25, 0.3) is 0 Å². The largest absolute Gasteiger partial charge is 0.357 e. The number of aliphatic imine (C=N–C) groups is 1. The van der Waals surface area contributed by atoms with Gasteiger partial charge in [0, 0.05) is 43.7 Å². The standard InChI is InChI=1S/C20H31N5S/c1-4-18-15-24-19(26-18)11-12-22-20(21-5-2)23-13-14-25(3)16-17-9-7-6-8-10-17/h6-10,15H,4-5,11-14,16H2,1-3H3,(H2,21,22,23). The van der Waals surface area contributed by atoms with Gasteiger partial charge < -0.3 is 15.5 Å². The van der Waals surface area contributed by atoms with E-state index in [-0.39, 0.29) is 0 Å². The second-order valence-corrected chi connectivity index (χ2v) is 7.43. The van der Waals surface area contributed by atoms with Crippen molar-refractivity contribution in [2.24, 2.45) is 4.99 Å². The number of aromatic nitrogens is 1. The second kappa shape index (κ2) is 11.6. The maximum absolute atomic E-state index is 4.68. The van der Waals surface area contributed by atoms with Gasteiger partial charge in [-0.2, -0.15) is 0 Å². The Labute approximate surface area is 161 Å². The maximum atomic E-state index is 4.68. The van der Waals surface area contributed by atoms with Gasteiger partial charge in [0.05, 0.1) is 11.6 Å². The predicted molar refractivity (Wildman–Crippen MR) is 112 cm³/mol. The molecule has 0 bridgehead atoms. The van der Waals surface area contributed by atoms with Crippen LogP contribution in [-0.2, 0) is 19.4 Å². The van der Waals surface area contributed by atoms with Crippen LogP contribution < -0.4 is 10.6 Å². The van der Waals surface area contributed by atoms with Gasteiger partial charge in [-0.05, 0) is 26.0 Å². The molecule has 0 saturated carbocycles. The van der Waals surface area contributed by atoms with E-state index in [9.17, 15) is 0 Å². The molecule has 1 heterocycles. The highest BCUT2D eigenvalue weighted by Crippen LogP contribution is 2.13. The first-order valence-corrected chi connectivity index (χ1v) is 10.2. The van der Waals surface area contributed by atoms with E-state index in [2.05, 4.69) is 76.7 Å². The summed E-state index contributed by atoms with van der Waals surface area (Å²) in [7, 11) is 2.14. The molecule has 0 atom stereocenters. The van der Waals surface area contributed by atoms with Gasteiger partial charge in [0.2, 0.25) is 0 Å². The molecule has 0 aliphatic rings. The van der Waals surface area contributed by atoms with Gasteiger partial charge >= 0.3 is 0 Å². The van der Waals surface area contributed by atoms with E-state index in [1.807, 2.05) is 6.20 Å². The Balaban J connectivity index is 1.72. The lowest BCUT2D eigenvalue weighted by Gasteiger charge is -2.16. The molecule has 0 aliphatic heterocycles. The van der Waals surface area contributed by atoms with Crippen molar-refractivity contribution in [1.29, 1.82) is 0 Å². The zero-order valence-electron chi connectivity index (χ0n) is 16.2. The molecular formula is C20H31N5S. The van der Waals surface area contributed by atoms with Crippen LogP contribution in [-0.4, -0.2) is 49.1 Å². The molecule has 5 nitrogen and oxygen atoms in total. The Morgan fingerprint density at radius 1 is 1.19 bits per heavy atom. The Bertz CT molecular complexity index is 653. The van der Waals surface area contributed by atoms with Crippen molar-refractivity contribution in [2.45, 2.75) is 33.2 Å². The summed E-state index contributed by atoms with van der Waals surface area (Å²) in [5.41, 5.74) is 1.33. The van der Waals surface area contributed by atoms with Gasteiger partial charge in [0.1, 0.15) is 0 Å². The second-order valence-electron chi connectivity index (χ2n) is 6.23. The third kappa shape index (κ3) is 7.54. The molecule has 26 heavy (non-hydrogen) atoms. The molecule has 1 aromatic carbocycles. The van der Waals surface area contributed by atoms with E-state index in [4.69, 9.17) is 0 Å². The van der Waals surface area contributed by atoms with E-state index in [1.54, 1.807) is 11.3 Å². The Hall–Kier alpha value is -1.92. The summed E-state index contributed by atoms with van der Waals surface area (Å²) in [5, 5.41) is 7.91. The highest BCUT2D eigenvalue weighted by atomic mass is 32.1. The summed E-state index contributed by atoms with van der Waals surface area (Å²) in [6.45, 7) is 8.62. The van der Waals surface area contributed by atoms with E-state index in [0.29, 0.717) is 0 Å². The fourth-order valence-electron chi connectivity index (χ4n) is 2.56. The van der Waals surface area contributed by atoms with Crippen molar-refractivity contribution in [3.05, 3.63) is 52.0 Å². The summed E-state index contributed by atoms with van der Waals surface area (Å²) < 4.78 is 0. The molecule has 1 aromatic heterocycles. The minimum atomic E-state index is 0.774. The normalized spacial score (nSPS) is 11.8. The summed E-state index contributed by atoms with van der Waals surface area (Å²) in [4.78, 5) is 12.8. The fraction of sp³-hybridized carbons (Fsp3) is 0.500. The van der Waals surface area contributed by atoms with Crippen molar-refractivity contribution in [1.82, 2.24) is 20.5 Å². The number of likely N-dealkylation sites (N-methyl/N-ethyl adjacent to an activating group) is 1. The van der Waals surface area contributed by atoms with E-state index >= 15 is 0 Å². The molecule has 0 amide bonds. The zero-order chi connectivity index (χ0) is 18.6. The molecule has 6 heteroatoms. The molecule has 0 fully saturated rings. The van der Waals surface area contributed by atoms with Crippen LogP contribution in [0.2, 0.25) is 0 Å². The Morgan fingerprint density at radius 3 is 2.69 bits per heavy atom. The van der Waals surface area contributed by atoms with Crippen molar-refractivity contribution in [3.63, 3.8) is 0 Å². The van der Waals surface area contributed by atoms with Crippen molar-refractivity contribution in [3.8, 4) is 0 Å². The van der Waals surface area contributed by atoms with Crippen LogP contribution in [0.25, 0.3) is 0 Å². The summed E-state index contributed by atoms with van der Waals surface area (Å²) in [5.74, 6) is 0.882. The van der Waals surface area contributed by atoms with Gasteiger partial charge in [-0.3, -0.25) is 4.99 Å². The smallest absolute Gasteiger partial charge is 0.191 e. The lowest BCUT2D eigenvalue weighted by molar-refractivity contribution is 0.336. The molecule has 0 radical (unpaired) electrons. The number of aryl methyl sites for hydroxylation is 1. The lowest BCUT2D eigenvalue weighted by Crippen LogP contribution is -2.38. The summed E-state index contributed by atoms with van der Waals surface area (Å²) in [6, 6.07) is 10.5. The first-order chi connectivity index (χ1) is 12.7. The van der Waals surface area contributed by atoms with Crippen LogP contribution in [0, 0.1) is 0 Å². The SMILES string of the molecule is CCNC(=NCCN(C)Cc1ccccc1)NCCc1ncc(CC)s1. The Morgan fingerprint density at radius 2 is 2.00 bits per heavy atom. The monoisotopic (exact) mass is 373 g/mol. The van der Waals surface area contributed by atoms with Crippen LogP contribution in [0.3, 0.4) is 0 Å². The number of nitrogens with one attached hydrogen (secondary N) is 2. The van der Waals surface area contributed by atoms with Crippen molar-refractivity contribution < 1.29 is 0 Å². The molecule has 0 unspecified atom stereocenters. The first-order valence-electron chi connectivity index (χ1n) is 9.39. The summed E-state index contributed by atoms with van der Waals surface area (Å²) >= 11 is 1.80. The van der Waals surface area contributed by atoms with Gasteiger partial charge in [-0.1, -0.05) is 37.3 Å². The van der Waals surface area contributed by atoms with Crippen LogP contribution in [0.1, 0.15) is 29.3 Å². The fourth-order valence-corrected chi connectivity index (χ4v) is 3.43. The Kier molecular flexibility index (Phi) is 9.14. The minimum absolute atomic E-state index is 0.774. The van der Waals surface area contributed by atoms with Gasteiger partial charge in [-0.15, -0.1) is 11.3 Å². The highest BCUT2D eigenvalue weighted by molar-refractivity contribution is 7.11. The number of hydrogen-bond donors (Lipinski definition) is 2. The number of hydrogen-bond acceptors (Lipinski definition) is 4. The van der Waals surface area contributed by atoms with Crippen molar-refractivity contribution in [2.75, 3.05) is 33.2 Å². The molecule has 2 rings (SSSR count). The van der Waals surface area contributed by atoms with Crippen LogP contribution in [0.5, 0.6) is 0 Å². The minimum Gasteiger partial charge on any atom is -0.357 e. The molecule has 142 valence electrons. The molecule has 2 N–H and O–H groups in total. The van der Waals surface area contributed by atoms with Crippen molar-refractivity contribution >= 4 is 17.3 Å². The molecule has 0 aliphatic carbocycles. The number of nitrogens with zero attached hydrogens (tertiary/aromatic N) is 3. The van der Waals surface area contributed by atoms with Crippen LogP contribution in [0.4, 0.5) is 0 Å². The predicted octanol–water partition coefficient (Wildman–Crippen LogP) is 2.94. The lowest BCUT2D eigenvalue weighted by atomic mass is 10.2. The van der Waals surface area contributed by atoms with Gasteiger partial charge in [0.15, 0.2) is 5.96 Å². The molecule has 2 aromatic rings. The number of guanidine groups is 1. The molecule has 0 spiro atoms. The van der Waals surface area contributed by atoms with Crippen LogP contribution >= 0.6 is 11.3 Å². The van der Waals surface area contributed by atoms with Crippen LogP contribution in [0.15, 0.2) is 41.5 Å². The third-order valence-electron chi connectivity index (χ3n) is 3.97. The third-order valence-corrected chi connectivity index (χ3v) is 5.17. The van der Waals surface area contributed by atoms with E-state index < -0.39 is 0 Å². The zero-order valence-corrected chi connectivity index (χ0v) is 17.0. The number of rotatable bonds is 10. The molecular weight excluding hydrogens is 342 g/mol. The maximum Gasteiger partial charge on any atom is 0.191 e. The molecule has 0 saturated heterocycles. The quantitative estimate of drug-likeness (QED) is 0.497. The topological polar surface area (TPSA) is 52.6 Å². The summed E-state index contributed by atoms with van der Waals surface area (Å²) in [6.07, 6.45) is 3.98. The average molecular weight is 374 g/mol. The highest BCUT2D eigenvalue weighted by Gasteiger charge is 2.03. The first kappa shape index (κ1) is 20.4. The average Bonchev–Trinajstić information content (AvgIpc) is 3.10. The number of thiazole rings is 1. The van der Waals surface area contributed by atoms with E-state index in [1.165, 1.54) is 15.4 Å². The van der Waals surface area contributed by atoms with E-state index in [0.717, 1.165) is 51.5 Å².